The fourth-order valence-corrected chi connectivity index (χ4v) is 4.20. The van der Waals surface area contributed by atoms with Gasteiger partial charge >= 0.3 is 5.97 Å². The molecule has 18 heavy (non-hydrogen) atoms. The van der Waals surface area contributed by atoms with Crippen molar-refractivity contribution in [1.82, 2.24) is 4.72 Å². The second kappa shape index (κ2) is 6.31. The fraction of sp³-hybridized carbons (Fsp3) is 0.545. The van der Waals surface area contributed by atoms with Crippen molar-refractivity contribution in [2.24, 2.45) is 0 Å². The third-order valence-corrected chi connectivity index (χ3v) is 5.47. The van der Waals surface area contributed by atoms with Crippen LogP contribution in [0.5, 0.6) is 0 Å². The normalized spacial score (nSPS) is 13.4. The number of rotatable bonds is 7. The second-order valence-corrected chi connectivity index (χ2v) is 7.21. The number of carbonyl (C=O) groups is 1. The smallest absolute Gasteiger partial charge is 0.308 e. The quantitative estimate of drug-likeness (QED) is 0.803. The van der Waals surface area contributed by atoms with Crippen LogP contribution in [-0.4, -0.2) is 25.5 Å². The average molecular weight is 291 g/mol. The molecule has 102 valence electrons. The lowest BCUT2D eigenvalue weighted by molar-refractivity contribution is -0.136. The Morgan fingerprint density at radius 3 is 2.72 bits per heavy atom. The minimum Gasteiger partial charge on any atom is -0.481 e. The van der Waals surface area contributed by atoms with E-state index < -0.39 is 16.0 Å². The maximum Gasteiger partial charge on any atom is 0.308 e. The largest absolute Gasteiger partial charge is 0.481 e. The molecule has 0 saturated carbocycles. The van der Waals surface area contributed by atoms with E-state index in [4.69, 9.17) is 5.11 Å². The van der Waals surface area contributed by atoms with Crippen LogP contribution in [0.3, 0.4) is 0 Å². The molecular weight excluding hydrogens is 274 g/mol. The molecule has 0 aromatic carbocycles. The lowest BCUT2D eigenvalue weighted by atomic mass is 10.2. The molecule has 0 radical (unpaired) electrons. The van der Waals surface area contributed by atoms with Gasteiger partial charge in [-0.3, -0.25) is 4.79 Å². The zero-order valence-electron chi connectivity index (χ0n) is 10.3. The number of carboxylic acids is 1. The van der Waals surface area contributed by atoms with Crippen molar-refractivity contribution in [3.63, 3.8) is 0 Å². The summed E-state index contributed by atoms with van der Waals surface area (Å²) < 4.78 is 26.7. The van der Waals surface area contributed by atoms with Gasteiger partial charge in [-0.05, 0) is 25.5 Å². The van der Waals surface area contributed by atoms with Gasteiger partial charge in [-0.2, -0.15) is 0 Å². The summed E-state index contributed by atoms with van der Waals surface area (Å²) in [7, 11) is -3.52. The molecule has 0 aliphatic heterocycles. The Bertz CT molecular complexity index is 507. The standard InChI is InChI=1S/C11H17NO4S2/c1-3-4-8(2)12-18(15,16)11-6-5-9(17-11)7-10(13)14/h5-6,8,12H,3-4,7H2,1-2H3,(H,13,14). The maximum atomic E-state index is 12.0. The Kier molecular flexibility index (Phi) is 5.30. The van der Waals surface area contributed by atoms with E-state index in [0.717, 1.165) is 24.2 Å². The third kappa shape index (κ3) is 4.40. The number of thiophene rings is 1. The highest BCUT2D eigenvalue weighted by Gasteiger charge is 2.19. The molecule has 5 nitrogen and oxygen atoms in total. The topological polar surface area (TPSA) is 83.5 Å². The van der Waals surface area contributed by atoms with Gasteiger partial charge in [-0.15, -0.1) is 11.3 Å². The van der Waals surface area contributed by atoms with Gasteiger partial charge < -0.3 is 5.11 Å². The highest BCUT2D eigenvalue weighted by atomic mass is 32.2. The first-order valence-corrected chi connectivity index (χ1v) is 7.98. The molecule has 1 unspecified atom stereocenters. The van der Waals surface area contributed by atoms with Crippen LogP contribution in [0, 0.1) is 0 Å². The molecule has 1 atom stereocenters. The average Bonchev–Trinajstić information content (AvgIpc) is 2.65. The summed E-state index contributed by atoms with van der Waals surface area (Å²) in [6.07, 6.45) is 1.52. The van der Waals surface area contributed by atoms with Crippen molar-refractivity contribution < 1.29 is 18.3 Å². The van der Waals surface area contributed by atoms with Gasteiger partial charge in [-0.25, -0.2) is 13.1 Å². The molecular formula is C11H17NO4S2. The molecule has 0 fully saturated rings. The molecule has 0 spiro atoms. The SMILES string of the molecule is CCCC(C)NS(=O)(=O)c1ccc(CC(=O)O)s1. The lowest BCUT2D eigenvalue weighted by Crippen LogP contribution is -2.31. The van der Waals surface area contributed by atoms with Crippen LogP contribution in [-0.2, 0) is 21.2 Å². The van der Waals surface area contributed by atoms with Gasteiger partial charge in [0, 0.05) is 10.9 Å². The summed E-state index contributed by atoms with van der Waals surface area (Å²) in [6, 6.07) is 2.87. The van der Waals surface area contributed by atoms with E-state index in [1.807, 2.05) is 13.8 Å². The summed E-state index contributed by atoms with van der Waals surface area (Å²) >= 11 is 0.997. The third-order valence-electron chi connectivity index (χ3n) is 2.31. The van der Waals surface area contributed by atoms with Crippen molar-refractivity contribution >= 4 is 27.3 Å². The van der Waals surface area contributed by atoms with E-state index in [9.17, 15) is 13.2 Å². The van der Waals surface area contributed by atoms with Crippen LogP contribution < -0.4 is 4.72 Å². The maximum absolute atomic E-state index is 12.0. The van der Waals surface area contributed by atoms with Gasteiger partial charge in [-0.1, -0.05) is 13.3 Å². The Labute approximate surface area is 111 Å². The monoisotopic (exact) mass is 291 g/mol. The van der Waals surface area contributed by atoms with E-state index >= 15 is 0 Å². The van der Waals surface area contributed by atoms with Crippen LogP contribution >= 0.6 is 11.3 Å². The van der Waals surface area contributed by atoms with Gasteiger partial charge in [0.05, 0.1) is 6.42 Å². The number of nitrogens with one attached hydrogen (secondary N) is 1. The number of hydrogen-bond acceptors (Lipinski definition) is 4. The van der Waals surface area contributed by atoms with E-state index in [2.05, 4.69) is 4.72 Å². The van der Waals surface area contributed by atoms with E-state index in [1.54, 1.807) is 0 Å². The molecule has 0 aliphatic carbocycles. The van der Waals surface area contributed by atoms with Gasteiger partial charge in [0.1, 0.15) is 4.21 Å². The van der Waals surface area contributed by atoms with Crippen LogP contribution in [0.1, 0.15) is 31.6 Å². The molecule has 1 aromatic rings. The van der Waals surface area contributed by atoms with Crippen molar-refractivity contribution in [2.45, 2.75) is 43.4 Å². The van der Waals surface area contributed by atoms with Gasteiger partial charge in [0.2, 0.25) is 10.0 Å². The van der Waals surface area contributed by atoms with Gasteiger partial charge in [0.15, 0.2) is 0 Å². The molecule has 1 rings (SSSR count). The molecule has 0 aliphatic rings. The predicted octanol–water partition coefficient (Wildman–Crippen LogP) is 1.84. The Hall–Kier alpha value is -0.920. The molecule has 1 heterocycles. The van der Waals surface area contributed by atoms with Crippen LogP contribution in [0.4, 0.5) is 0 Å². The highest BCUT2D eigenvalue weighted by molar-refractivity contribution is 7.91. The zero-order chi connectivity index (χ0) is 13.8. The number of hydrogen-bond donors (Lipinski definition) is 2. The van der Waals surface area contributed by atoms with E-state index in [0.29, 0.717) is 4.88 Å². The molecule has 1 aromatic heterocycles. The van der Waals surface area contributed by atoms with E-state index in [1.165, 1.54) is 12.1 Å². The van der Waals surface area contributed by atoms with E-state index in [-0.39, 0.29) is 16.7 Å². The lowest BCUT2D eigenvalue weighted by Gasteiger charge is -2.11. The molecule has 0 bridgehead atoms. The number of carboxylic acid groups (broad SMARTS) is 1. The molecule has 0 amide bonds. The first-order chi connectivity index (χ1) is 8.35. The molecule has 0 saturated heterocycles. The first kappa shape index (κ1) is 15.1. The summed E-state index contributed by atoms with van der Waals surface area (Å²) in [4.78, 5) is 11.1. The predicted molar refractivity (Wildman–Crippen MR) is 70.4 cm³/mol. The summed E-state index contributed by atoms with van der Waals surface area (Å²) in [5, 5.41) is 8.64. The molecule has 7 heteroatoms. The minimum atomic E-state index is -3.52. The van der Waals surface area contributed by atoms with Gasteiger partial charge in [0.25, 0.3) is 0 Å². The van der Waals surface area contributed by atoms with Crippen LogP contribution in [0.25, 0.3) is 0 Å². The van der Waals surface area contributed by atoms with Crippen molar-refractivity contribution in [2.75, 3.05) is 0 Å². The highest BCUT2D eigenvalue weighted by Crippen LogP contribution is 2.22. The summed E-state index contributed by atoms with van der Waals surface area (Å²) in [5.41, 5.74) is 0. The number of aliphatic carboxylic acids is 1. The van der Waals surface area contributed by atoms with Crippen molar-refractivity contribution in [3.05, 3.63) is 17.0 Å². The Morgan fingerprint density at radius 2 is 2.17 bits per heavy atom. The van der Waals surface area contributed by atoms with Crippen LogP contribution in [0.15, 0.2) is 16.3 Å². The van der Waals surface area contributed by atoms with Crippen LogP contribution in [0.2, 0.25) is 0 Å². The Balaban J connectivity index is 2.79. The minimum absolute atomic E-state index is 0.120. The summed E-state index contributed by atoms with van der Waals surface area (Å²) in [6.45, 7) is 3.80. The molecule has 2 N–H and O–H groups in total. The van der Waals surface area contributed by atoms with Crippen molar-refractivity contribution in [1.29, 1.82) is 0 Å². The Morgan fingerprint density at radius 1 is 1.50 bits per heavy atom. The summed E-state index contributed by atoms with van der Waals surface area (Å²) in [5.74, 6) is -0.965. The fourth-order valence-electron chi connectivity index (χ4n) is 1.56. The first-order valence-electron chi connectivity index (χ1n) is 5.68. The zero-order valence-corrected chi connectivity index (χ0v) is 12.0. The van der Waals surface area contributed by atoms with Crippen molar-refractivity contribution in [3.8, 4) is 0 Å². The second-order valence-electron chi connectivity index (χ2n) is 4.10. The number of sulfonamides is 1.